The molecule has 1 amide bonds. The van der Waals surface area contributed by atoms with Gasteiger partial charge in [0, 0.05) is 5.69 Å². The van der Waals surface area contributed by atoms with Crippen molar-refractivity contribution in [3.05, 3.63) is 33.2 Å². The fraction of sp³-hybridized carbons (Fsp3) is 0.455. The zero-order valence-corrected chi connectivity index (χ0v) is 10.0. The Hall–Kier alpha value is -1.76. The number of hydrogen-bond acceptors (Lipinski definition) is 3. The van der Waals surface area contributed by atoms with E-state index in [0.29, 0.717) is 11.3 Å². The number of amides is 1. The monoisotopic (exact) mass is 260 g/mol. The molecule has 3 N–H and O–H groups in total. The number of aliphatic hydroxyl groups excluding tert-OH is 1. The van der Waals surface area contributed by atoms with Crippen LogP contribution in [-0.4, -0.2) is 35.1 Å². The molecule has 1 rings (SSSR count). The molecule has 5 nitrogen and oxygen atoms in total. The van der Waals surface area contributed by atoms with Crippen molar-refractivity contribution in [1.29, 1.82) is 0 Å². The third-order valence-electron chi connectivity index (χ3n) is 2.33. The number of aryl methyl sites for hydroxylation is 2. The molecule has 0 saturated carbocycles. The summed E-state index contributed by atoms with van der Waals surface area (Å²) in [7, 11) is 0. The maximum Gasteiger partial charge on any atom is 0.287 e. The largest absolute Gasteiger partial charge is 0.390 e. The van der Waals surface area contributed by atoms with Crippen molar-refractivity contribution in [2.45, 2.75) is 19.8 Å². The number of aromatic nitrogens is 1. The van der Waals surface area contributed by atoms with E-state index in [1.165, 1.54) is 0 Å². The van der Waals surface area contributed by atoms with Gasteiger partial charge < -0.3 is 15.4 Å². The van der Waals surface area contributed by atoms with Crippen molar-refractivity contribution in [1.82, 2.24) is 10.3 Å². The Balaban J connectivity index is 2.89. The van der Waals surface area contributed by atoms with Crippen molar-refractivity contribution >= 4 is 5.91 Å². The van der Waals surface area contributed by atoms with E-state index in [0.717, 1.165) is 0 Å². The van der Waals surface area contributed by atoms with Crippen LogP contribution < -0.4 is 10.9 Å². The van der Waals surface area contributed by atoms with Crippen LogP contribution >= 0.6 is 0 Å². The van der Waals surface area contributed by atoms with Crippen LogP contribution in [0, 0.1) is 13.8 Å². The van der Waals surface area contributed by atoms with E-state index in [1.807, 2.05) is 5.32 Å². The van der Waals surface area contributed by atoms with E-state index >= 15 is 0 Å². The summed E-state index contributed by atoms with van der Waals surface area (Å²) in [4.78, 5) is 25.6. The van der Waals surface area contributed by atoms with E-state index in [9.17, 15) is 18.4 Å². The Morgan fingerprint density at radius 1 is 1.50 bits per heavy atom. The standard InChI is InChI=1S/C11H14F2N2O3/c1-6-3-7(2)15-10(18)8(6)9(17)14-4-11(12,13)5-16/h3,16H,4-5H2,1-2H3,(H,14,17)(H,15,18). The lowest BCUT2D eigenvalue weighted by molar-refractivity contribution is -0.0462. The summed E-state index contributed by atoms with van der Waals surface area (Å²) in [6.07, 6.45) is 0. The van der Waals surface area contributed by atoms with E-state index < -0.39 is 30.5 Å². The van der Waals surface area contributed by atoms with Gasteiger partial charge in [0.15, 0.2) is 0 Å². The van der Waals surface area contributed by atoms with E-state index in [1.54, 1.807) is 19.9 Å². The molecular weight excluding hydrogens is 246 g/mol. The Morgan fingerprint density at radius 3 is 2.61 bits per heavy atom. The highest BCUT2D eigenvalue weighted by Gasteiger charge is 2.29. The lowest BCUT2D eigenvalue weighted by Gasteiger charge is -2.14. The second-order valence-corrected chi connectivity index (χ2v) is 4.04. The minimum absolute atomic E-state index is 0.200. The molecular formula is C11H14F2N2O3. The third-order valence-corrected chi connectivity index (χ3v) is 2.33. The molecule has 1 heterocycles. The van der Waals surface area contributed by atoms with Gasteiger partial charge in [0.1, 0.15) is 12.2 Å². The van der Waals surface area contributed by atoms with Crippen molar-refractivity contribution in [2.24, 2.45) is 0 Å². The van der Waals surface area contributed by atoms with E-state index in [2.05, 4.69) is 4.98 Å². The Kier molecular flexibility index (Phi) is 4.18. The lowest BCUT2D eigenvalue weighted by Crippen LogP contribution is -2.41. The summed E-state index contributed by atoms with van der Waals surface area (Å²) in [6, 6.07) is 1.57. The Morgan fingerprint density at radius 2 is 2.11 bits per heavy atom. The second kappa shape index (κ2) is 5.26. The molecule has 0 aliphatic rings. The first-order valence-corrected chi connectivity index (χ1v) is 5.24. The first-order valence-electron chi connectivity index (χ1n) is 5.24. The number of nitrogens with one attached hydrogen (secondary N) is 2. The number of carbonyl (C=O) groups is 1. The summed E-state index contributed by atoms with van der Waals surface area (Å²) < 4.78 is 25.5. The van der Waals surface area contributed by atoms with Gasteiger partial charge in [0.25, 0.3) is 17.4 Å². The summed E-state index contributed by atoms with van der Waals surface area (Å²) >= 11 is 0. The Labute approximate surface area is 102 Å². The number of carbonyl (C=O) groups excluding carboxylic acids is 1. The van der Waals surface area contributed by atoms with Gasteiger partial charge in [-0.25, -0.2) is 8.78 Å². The van der Waals surface area contributed by atoms with Crippen molar-refractivity contribution in [3.8, 4) is 0 Å². The van der Waals surface area contributed by atoms with Gasteiger partial charge in [0.2, 0.25) is 0 Å². The molecule has 0 unspecified atom stereocenters. The average Bonchev–Trinajstić information content (AvgIpc) is 2.25. The van der Waals surface area contributed by atoms with Gasteiger partial charge >= 0.3 is 0 Å². The topological polar surface area (TPSA) is 82.2 Å². The van der Waals surface area contributed by atoms with Gasteiger partial charge in [-0.3, -0.25) is 9.59 Å². The highest BCUT2D eigenvalue weighted by Crippen LogP contribution is 2.10. The summed E-state index contributed by atoms with van der Waals surface area (Å²) in [5.74, 6) is -4.29. The number of aliphatic hydroxyl groups is 1. The molecule has 100 valence electrons. The van der Waals surface area contributed by atoms with Crippen LogP contribution in [0.15, 0.2) is 10.9 Å². The maximum atomic E-state index is 12.7. The third kappa shape index (κ3) is 3.36. The van der Waals surface area contributed by atoms with Crippen LogP contribution in [0.1, 0.15) is 21.6 Å². The molecule has 1 aromatic heterocycles. The van der Waals surface area contributed by atoms with Crippen molar-refractivity contribution in [2.75, 3.05) is 13.2 Å². The predicted molar refractivity (Wildman–Crippen MR) is 60.9 cm³/mol. The zero-order chi connectivity index (χ0) is 13.9. The van der Waals surface area contributed by atoms with Gasteiger partial charge in [-0.15, -0.1) is 0 Å². The molecule has 1 aromatic rings. The number of rotatable bonds is 4. The number of pyridine rings is 1. The first-order chi connectivity index (χ1) is 8.26. The molecule has 0 radical (unpaired) electrons. The van der Waals surface area contributed by atoms with Crippen LogP contribution in [0.4, 0.5) is 8.78 Å². The quantitative estimate of drug-likeness (QED) is 0.730. The number of H-pyrrole nitrogens is 1. The molecule has 0 fully saturated rings. The predicted octanol–water partition coefficient (Wildman–Crippen LogP) is 0.349. The number of alkyl halides is 2. The SMILES string of the molecule is Cc1cc(C)c(C(=O)NCC(F)(F)CO)c(=O)[nH]1. The molecule has 0 saturated heterocycles. The van der Waals surface area contributed by atoms with Crippen LogP contribution in [0.2, 0.25) is 0 Å². The molecule has 7 heteroatoms. The van der Waals surface area contributed by atoms with Crippen LogP contribution in [0.3, 0.4) is 0 Å². The second-order valence-electron chi connectivity index (χ2n) is 4.04. The van der Waals surface area contributed by atoms with Crippen LogP contribution in [0.25, 0.3) is 0 Å². The molecule has 18 heavy (non-hydrogen) atoms. The molecule has 0 aliphatic heterocycles. The van der Waals surface area contributed by atoms with Crippen molar-refractivity contribution < 1.29 is 18.7 Å². The van der Waals surface area contributed by atoms with Gasteiger partial charge in [-0.1, -0.05) is 0 Å². The normalized spacial score (nSPS) is 11.4. The highest BCUT2D eigenvalue weighted by atomic mass is 19.3. The number of aromatic amines is 1. The maximum absolute atomic E-state index is 12.7. The van der Waals surface area contributed by atoms with Crippen LogP contribution in [0.5, 0.6) is 0 Å². The lowest BCUT2D eigenvalue weighted by atomic mass is 10.1. The molecule has 0 atom stereocenters. The highest BCUT2D eigenvalue weighted by molar-refractivity contribution is 5.95. The van der Waals surface area contributed by atoms with Crippen molar-refractivity contribution in [3.63, 3.8) is 0 Å². The zero-order valence-electron chi connectivity index (χ0n) is 10.0. The average molecular weight is 260 g/mol. The Bertz CT molecular complexity index is 512. The van der Waals surface area contributed by atoms with Gasteiger partial charge in [-0.2, -0.15) is 0 Å². The minimum Gasteiger partial charge on any atom is -0.390 e. The van der Waals surface area contributed by atoms with Crippen LogP contribution in [-0.2, 0) is 0 Å². The summed E-state index contributed by atoms with van der Waals surface area (Å²) in [5, 5.41) is 10.3. The first kappa shape index (κ1) is 14.3. The van der Waals surface area contributed by atoms with E-state index in [-0.39, 0.29) is 5.56 Å². The summed E-state index contributed by atoms with van der Waals surface area (Å²) in [6.45, 7) is 0.808. The molecule has 0 bridgehead atoms. The number of hydrogen-bond donors (Lipinski definition) is 3. The smallest absolute Gasteiger partial charge is 0.287 e. The fourth-order valence-corrected chi connectivity index (χ4v) is 1.49. The molecule has 0 spiro atoms. The number of halogens is 2. The molecule has 0 aromatic carbocycles. The van der Waals surface area contributed by atoms with Gasteiger partial charge in [0.05, 0.1) is 6.54 Å². The summed E-state index contributed by atoms with van der Waals surface area (Å²) in [5.41, 5.74) is 0.155. The minimum atomic E-state index is -3.40. The molecule has 0 aliphatic carbocycles. The fourth-order valence-electron chi connectivity index (χ4n) is 1.49. The van der Waals surface area contributed by atoms with Gasteiger partial charge in [-0.05, 0) is 25.5 Å². The van der Waals surface area contributed by atoms with E-state index in [4.69, 9.17) is 5.11 Å².